The molecule has 1 aliphatic rings. The Hall–Kier alpha value is -3.13. The molecule has 0 radical (unpaired) electrons. The maximum Gasteiger partial charge on any atom is 0.0831 e. The van der Waals surface area contributed by atoms with Crippen LogP contribution in [0.3, 0.4) is 0 Å². The standard InChI is InChI=1S/C26H26N2/c1-20(2)22-14-17-25(18-15-22)28-26(23-11-7-4-8-12-23)19-24(27-28)16-13-21-9-5-3-6-10-21/h3-18,20,26H,19H2,1-2H3. The van der Waals surface area contributed by atoms with Gasteiger partial charge in [0.15, 0.2) is 0 Å². The lowest BCUT2D eigenvalue weighted by molar-refractivity contribution is 0.708. The summed E-state index contributed by atoms with van der Waals surface area (Å²) in [4.78, 5) is 0. The highest BCUT2D eigenvalue weighted by atomic mass is 15.5. The fraction of sp³-hybridized carbons (Fsp3) is 0.192. The molecule has 3 aromatic rings. The Labute approximate surface area is 167 Å². The molecule has 0 saturated carbocycles. The predicted octanol–water partition coefficient (Wildman–Crippen LogP) is 6.83. The molecule has 0 fully saturated rings. The van der Waals surface area contributed by atoms with Crippen molar-refractivity contribution in [2.24, 2.45) is 5.10 Å². The maximum absolute atomic E-state index is 4.97. The van der Waals surface area contributed by atoms with Gasteiger partial charge in [0.2, 0.25) is 0 Å². The van der Waals surface area contributed by atoms with Gasteiger partial charge in [0.05, 0.1) is 17.4 Å². The van der Waals surface area contributed by atoms with E-state index < -0.39 is 0 Å². The van der Waals surface area contributed by atoms with Crippen molar-refractivity contribution in [1.82, 2.24) is 0 Å². The number of hydrogen-bond donors (Lipinski definition) is 0. The Morgan fingerprint density at radius 1 is 0.821 bits per heavy atom. The van der Waals surface area contributed by atoms with Crippen LogP contribution in [0.1, 0.15) is 48.9 Å². The largest absolute Gasteiger partial charge is 0.257 e. The van der Waals surface area contributed by atoms with Crippen molar-refractivity contribution in [3.05, 3.63) is 108 Å². The summed E-state index contributed by atoms with van der Waals surface area (Å²) in [6, 6.07) is 30.1. The van der Waals surface area contributed by atoms with Crippen LogP contribution in [-0.4, -0.2) is 5.71 Å². The van der Waals surface area contributed by atoms with Crippen molar-refractivity contribution in [3.8, 4) is 0 Å². The van der Waals surface area contributed by atoms with E-state index in [1.165, 1.54) is 16.7 Å². The van der Waals surface area contributed by atoms with Gasteiger partial charge in [-0.05, 0) is 40.8 Å². The Bertz CT molecular complexity index is 954. The van der Waals surface area contributed by atoms with Gasteiger partial charge in [-0.2, -0.15) is 5.10 Å². The number of rotatable bonds is 5. The molecule has 4 rings (SSSR count). The molecule has 1 atom stereocenters. The van der Waals surface area contributed by atoms with Crippen LogP contribution in [0.5, 0.6) is 0 Å². The van der Waals surface area contributed by atoms with Crippen LogP contribution in [0.15, 0.2) is 96.1 Å². The fourth-order valence-corrected chi connectivity index (χ4v) is 3.58. The van der Waals surface area contributed by atoms with Gasteiger partial charge < -0.3 is 0 Å². The van der Waals surface area contributed by atoms with E-state index in [0.29, 0.717) is 5.92 Å². The summed E-state index contributed by atoms with van der Waals surface area (Å²) in [5, 5.41) is 7.14. The lowest BCUT2D eigenvalue weighted by Crippen LogP contribution is -2.18. The van der Waals surface area contributed by atoms with E-state index in [9.17, 15) is 0 Å². The molecule has 2 nitrogen and oxygen atoms in total. The minimum Gasteiger partial charge on any atom is -0.257 e. The zero-order valence-corrected chi connectivity index (χ0v) is 16.5. The smallest absolute Gasteiger partial charge is 0.0831 e. The van der Waals surface area contributed by atoms with Crippen LogP contribution in [0, 0.1) is 0 Å². The molecule has 3 aromatic carbocycles. The summed E-state index contributed by atoms with van der Waals surface area (Å²) in [6.45, 7) is 4.45. The third-order valence-electron chi connectivity index (χ3n) is 5.21. The number of allylic oxidation sites excluding steroid dienone is 1. The van der Waals surface area contributed by atoms with Crippen molar-refractivity contribution >= 4 is 17.5 Å². The number of anilines is 1. The lowest BCUT2D eigenvalue weighted by atomic mass is 10.00. The molecular weight excluding hydrogens is 340 g/mol. The monoisotopic (exact) mass is 366 g/mol. The third kappa shape index (κ3) is 4.07. The number of hydrogen-bond acceptors (Lipinski definition) is 2. The molecule has 1 unspecified atom stereocenters. The molecule has 0 amide bonds. The normalized spacial score (nSPS) is 16.8. The number of hydrazone groups is 1. The van der Waals surface area contributed by atoms with Crippen molar-refractivity contribution in [1.29, 1.82) is 0 Å². The van der Waals surface area contributed by atoms with E-state index in [4.69, 9.17) is 5.10 Å². The second kappa shape index (κ2) is 8.26. The summed E-state index contributed by atoms with van der Waals surface area (Å²) < 4.78 is 0. The minimum absolute atomic E-state index is 0.224. The van der Waals surface area contributed by atoms with E-state index in [-0.39, 0.29) is 6.04 Å². The molecule has 0 N–H and O–H groups in total. The first-order valence-corrected chi connectivity index (χ1v) is 9.95. The highest BCUT2D eigenvalue weighted by molar-refractivity contribution is 6.01. The van der Waals surface area contributed by atoms with Crippen molar-refractivity contribution in [3.63, 3.8) is 0 Å². The summed E-state index contributed by atoms with van der Waals surface area (Å²) >= 11 is 0. The molecule has 1 heterocycles. The van der Waals surface area contributed by atoms with Gasteiger partial charge in [0.25, 0.3) is 0 Å². The van der Waals surface area contributed by atoms with Crippen molar-refractivity contribution in [2.75, 3.05) is 5.01 Å². The van der Waals surface area contributed by atoms with Crippen LogP contribution in [0.2, 0.25) is 0 Å². The zero-order valence-electron chi connectivity index (χ0n) is 16.5. The second-order valence-electron chi connectivity index (χ2n) is 7.56. The van der Waals surface area contributed by atoms with Crippen LogP contribution in [0.4, 0.5) is 5.69 Å². The molecule has 0 aromatic heterocycles. The first kappa shape index (κ1) is 18.2. The molecule has 28 heavy (non-hydrogen) atoms. The lowest BCUT2D eigenvalue weighted by Gasteiger charge is -2.24. The summed E-state index contributed by atoms with van der Waals surface area (Å²) in [5.41, 5.74) is 6.09. The molecule has 0 bridgehead atoms. The average molecular weight is 367 g/mol. The van der Waals surface area contributed by atoms with Gasteiger partial charge in [0.1, 0.15) is 0 Å². The molecule has 2 heteroatoms. The van der Waals surface area contributed by atoms with Gasteiger partial charge in [-0.3, -0.25) is 5.01 Å². The molecule has 0 saturated heterocycles. The highest BCUT2D eigenvalue weighted by Crippen LogP contribution is 2.36. The SMILES string of the molecule is CC(C)c1ccc(N2N=C(C=Cc3ccccc3)CC2c2ccccc2)cc1. The molecule has 0 spiro atoms. The van der Waals surface area contributed by atoms with Gasteiger partial charge in [-0.25, -0.2) is 0 Å². The Morgan fingerprint density at radius 3 is 2.11 bits per heavy atom. The topological polar surface area (TPSA) is 15.6 Å². The predicted molar refractivity (Wildman–Crippen MR) is 120 cm³/mol. The summed E-state index contributed by atoms with van der Waals surface area (Å²) in [7, 11) is 0. The van der Waals surface area contributed by atoms with Crippen LogP contribution >= 0.6 is 0 Å². The van der Waals surface area contributed by atoms with E-state index in [1.54, 1.807) is 0 Å². The summed E-state index contributed by atoms with van der Waals surface area (Å²) in [5.74, 6) is 0.533. The van der Waals surface area contributed by atoms with Gasteiger partial charge in [-0.1, -0.05) is 92.7 Å². The molecular formula is C26H26N2. The van der Waals surface area contributed by atoms with Crippen LogP contribution < -0.4 is 5.01 Å². The van der Waals surface area contributed by atoms with E-state index in [1.807, 2.05) is 6.07 Å². The minimum atomic E-state index is 0.224. The van der Waals surface area contributed by atoms with E-state index >= 15 is 0 Å². The zero-order chi connectivity index (χ0) is 19.3. The summed E-state index contributed by atoms with van der Waals surface area (Å²) in [6.07, 6.45) is 5.19. The van der Waals surface area contributed by atoms with E-state index in [2.05, 4.69) is 110 Å². The van der Waals surface area contributed by atoms with E-state index in [0.717, 1.165) is 17.8 Å². The first-order chi connectivity index (χ1) is 13.7. The highest BCUT2D eigenvalue weighted by Gasteiger charge is 2.28. The van der Waals surface area contributed by atoms with Crippen LogP contribution in [0.25, 0.3) is 6.08 Å². The molecule has 0 aliphatic carbocycles. The Balaban J connectivity index is 1.64. The number of nitrogens with zero attached hydrogens (tertiary/aromatic N) is 2. The quantitative estimate of drug-likeness (QED) is 0.483. The Kier molecular flexibility index (Phi) is 5.38. The van der Waals surface area contributed by atoms with Gasteiger partial charge in [0, 0.05) is 6.42 Å². The van der Waals surface area contributed by atoms with Crippen molar-refractivity contribution in [2.45, 2.75) is 32.2 Å². The van der Waals surface area contributed by atoms with Gasteiger partial charge in [-0.15, -0.1) is 0 Å². The molecule has 1 aliphatic heterocycles. The third-order valence-corrected chi connectivity index (χ3v) is 5.21. The van der Waals surface area contributed by atoms with Gasteiger partial charge >= 0.3 is 0 Å². The average Bonchev–Trinajstić information content (AvgIpc) is 3.18. The first-order valence-electron chi connectivity index (χ1n) is 9.95. The fourth-order valence-electron chi connectivity index (χ4n) is 3.58. The van der Waals surface area contributed by atoms with Crippen LogP contribution in [-0.2, 0) is 0 Å². The van der Waals surface area contributed by atoms with Crippen molar-refractivity contribution < 1.29 is 0 Å². The number of benzene rings is 3. The Morgan fingerprint density at radius 2 is 1.46 bits per heavy atom. The maximum atomic E-state index is 4.97. The second-order valence-corrected chi connectivity index (χ2v) is 7.56. The molecule has 140 valence electrons.